The molecule has 130 valence electrons. The van der Waals surface area contributed by atoms with Gasteiger partial charge in [-0.25, -0.2) is 9.18 Å². The van der Waals surface area contributed by atoms with E-state index in [0.29, 0.717) is 13.0 Å². The highest BCUT2D eigenvalue weighted by atomic mass is 19.1. The Hall–Kier alpha value is -2.44. The maximum absolute atomic E-state index is 13.6. The van der Waals surface area contributed by atoms with Crippen LogP contribution in [-0.4, -0.2) is 47.4 Å². The van der Waals surface area contributed by atoms with E-state index in [1.807, 2.05) is 0 Å². The zero-order chi connectivity index (χ0) is 17.7. The number of ketones is 1. The van der Waals surface area contributed by atoms with Gasteiger partial charge in [-0.05, 0) is 37.5 Å². The fourth-order valence-corrected chi connectivity index (χ4v) is 2.84. The van der Waals surface area contributed by atoms with Crippen molar-refractivity contribution in [3.05, 3.63) is 29.6 Å². The number of rotatable bonds is 6. The van der Waals surface area contributed by atoms with Crippen molar-refractivity contribution in [2.24, 2.45) is 0 Å². The Balaban J connectivity index is 1.96. The number of likely N-dealkylation sites (tertiary alicyclic amines) is 1. The Labute approximate surface area is 139 Å². The molecule has 1 atom stereocenters. The van der Waals surface area contributed by atoms with Gasteiger partial charge >= 0.3 is 5.97 Å². The topological polar surface area (TPSA) is 83.9 Å². The first-order chi connectivity index (χ1) is 11.4. The number of carbonyl (C=O) groups is 3. The SMILES string of the molecule is COc1ccc(C(=O)CCC(=O)N2CCCC[C@@H]2C(=O)O)cc1F. The van der Waals surface area contributed by atoms with Crippen LogP contribution in [-0.2, 0) is 9.59 Å². The smallest absolute Gasteiger partial charge is 0.326 e. The lowest BCUT2D eigenvalue weighted by Gasteiger charge is -2.33. The lowest BCUT2D eigenvalue weighted by molar-refractivity contribution is -0.152. The van der Waals surface area contributed by atoms with Crippen LogP contribution in [0.25, 0.3) is 0 Å². The third-order valence-corrected chi connectivity index (χ3v) is 4.15. The van der Waals surface area contributed by atoms with Crippen molar-refractivity contribution in [1.82, 2.24) is 4.90 Å². The zero-order valence-corrected chi connectivity index (χ0v) is 13.5. The molecule has 2 rings (SSSR count). The summed E-state index contributed by atoms with van der Waals surface area (Å²) in [5.41, 5.74) is 0.162. The van der Waals surface area contributed by atoms with Gasteiger partial charge in [0.25, 0.3) is 0 Å². The summed E-state index contributed by atoms with van der Waals surface area (Å²) >= 11 is 0. The number of hydrogen-bond acceptors (Lipinski definition) is 4. The summed E-state index contributed by atoms with van der Waals surface area (Å²) in [6, 6.07) is 3.05. The van der Waals surface area contributed by atoms with Crippen molar-refractivity contribution in [3.63, 3.8) is 0 Å². The molecule has 1 aromatic carbocycles. The Morgan fingerprint density at radius 3 is 2.67 bits per heavy atom. The van der Waals surface area contributed by atoms with E-state index in [2.05, 4.69) is 0 Å². The summed E-state index contributed by atoms with van der Waals surface area (Å²) < 4.78 is 18.4. The lowest BCUT2D eigenvalue weighted by Crippen LogP contribution is -2.48. The highest BCUT2D eigenvalue weighted by Crippen LogP contribution is 2.21. The molecule has 0 aromatic heterocycles. The van der Waals surface area contributed by atoms with Crippen LogP contribution in [0.4, 0.5) is 4.39 Å². The van der Waals surface area contributed by atoms with Crippen LogP contribution in [0.3, 0.4) is 0 Å². The summed E-state index contributed by atoms with van der Waals surface area (Å²) in [6.07, 6.45) is 1.78. The predicted octanol–water partition coefficient (Wildman–Crippen LogP) is 2.26. The van der Waals surface area contributed by atoms with E-state index in [-0.39, 0.29) is 35.8 Å². The van der Waals surface area contributed by atoms with Gasteiger partial charge in [-0.3, -0.25) is 9.59 Å². The molecular formula is C17H20FNO5. The number of carboxylic acid groups (broad SMARTS) is 1. The maximum atomic E-state index is 13.6. The molecule has 0 unspecified atom stereocenters. The van der Waals surface area contributed by atoms with Gasteiger partial charge in [0.15, 0.2) is 17.3 Å². The number of benzene rings is 1. The monoisotopic (exact) mass is 337 g/mol. The molecule has 1 aliphatic heterocycles. The normalized spacial score (nSPS) is 17.4. The van der Waals surface area contributed by atoms with Gasteiger partial charge in [-0.1, -0.05) is 0 Å². The number of ether oxygens (including phenoxy) is 1. The fourth-order valence-electron chi connectivity index (χ4n) is 2.84. The highest BCUT2D eigenvalue weighted by Gasteiger charge is 2.31. The van der Waals surface area contributed by atoms with Crippen molar-refractivity contribution in [2.45, 2.75) is 38.1 Å². The molecule has 0 radical (unpaired) electrons. The molecule has 1 N–H and O–H groups in total. The summed E-state index contributed by atoms with van der Waals surface area (Å²) in [7, 11) is 1.33. The Morgan fingerprint density at radius 1 is 1.29 bits per heavy atom. The predicted molar refractivity (Wildman–Crippen MR) is 83.5 cm³/mol. The molecule has 1 fully saturated rings. The van der Waals surface area contributed by atoms with Gasteiger partial charge in [0.05, 0.1) is 7.11 Å². The first kappa shape index (κ1) is 17.9. The molecule has 0 aliphatic carbocycles. The van der Waals surface area contributed by atoms with Crippen LogP contribution in [0.1, 0.15) is 42.5 Å². The minimum Gasteiger partial charge on any atom is -0.494 e. The first-order valence-electron chi connectivity index (χ1n) is 7.83. The Kier molecular flexibility index (Phi) is 5.89. The number of carbonyl (C=O) groups excluding carboxylic acids is 2. The minimum atomic E-state index is -1.02. The third kappa shape index (κ3) is 4.10. The molecule has 6 nitrogen and oxygen atoms in total. The number of Topliss-reactive ketones (excluding diaryl/α,β-unsaturated/α-hetero) is 1. The number of amides is 1. The number of piperidine rings is 1. The van der Waals surface area contributed by atoms with E-state index in [1.165, 1.54) is 24.1 Å². The molecule has 7 heteroatoms. The van der Waals surface area contributed by atoms with Crippen LogP contribution in [0.5, 0.6) is 5.75 Å². The first-order valence-corrected chi connectivity index (χ1v) is 7.83. The second-order valence-corrected chi connectivity index (χ2v) is 5.71. The summed E-state index contributed by atoms with van der Waals surface area (Å²) in [5, 5.41) is 9.18. The summed E-state index contributed by atoms with van der Waals surface area (Å²) in [4.78, 5) is 36.9. The van der Waals surface area contributed by atoms with E-state index in [9.17, 15) is 23.9 Å². The Morgan fingerprint density at radius 2 is 2.04 bits per heavy atom. The lowest BCUT2D eigenvalue weighted by atomic mass is 10.0. The molecule has 0 spiro atoms. The minimum absolute atomic E-state index is 0.0419. The van der Waals surface area contributed by atoms with E-state index in [4.69, 9.17) is 4.74 Å². The van der Waals surface area contributed by atoms with Crippen molar-refractivity contribution in [1.29, 1.82) is 0 Å². The number of carboxylic acids is 1. The van der Waals surface area contributed by atoms with Gasteiger partial charge in [-0.15, -0.1) is 0 Å². The average Bonchev–Trinajstić information content (AvgIpc) is 2.59. The van der Waals surface area contributed by atoms with Gasteiger partial charge < -0.3 is 14.7 Å². The third-order valence-electron chi connectivity index (χ3n) is 4.15. The van der Waals surface area contributed by atoms with Gasteiger partial charge in [0, 0.05) is 24.9 Å². The van der Waals surface area contributed by atoms with Crippen molar-refractivity contribution in [2.75, 3.05) is 13.7 Å². The standard InChI is InChI=1S/C17H20FNO5/c1-24-15-7-5-11(10-12(15)18)14(20)6-8-16(21)19-9-3-2-4-13(19)17(22)23/h5,7,10,13H,2-4,6,8-9H2,1H3,(H,22,23)/t13-/m1/s1. The summed E-state index contributed by atoms with van der Waals surface area (Å²) in [6.45, 7) is 0.390. The molecule has 1 aromatic rings. The number of halogens is 1. The molecule has 1 aliphatic rings. The molecule has 1 saturated heterocycles. The Bertz CT molecular complexity index is 646. The fraction of sp³-hybridized carbons (Fsp3) is 0.471. The largest absolute Gasteiger partial charge is 0.494 e. The van der Waals surface area contributed by atoms with Gasteiger partial charge in [0.1, 0.15) is 6.04 Å². The zero-order valence-electron chi connectivity index (χ0n) is 13.5. The van der Waals surface area contributed by atoms with E-state index < -0.39 is 17.8 Å². The molecule has 1 heterocycles. The van der Waals surface area contributed by atoms with E-state index >= 15 is 0 Å². The van der Waals surface area contributed by atoms with Gasteiger partial charge in [0.2, 0.25) is 5.91 Å². The molecule has 0 saturated carbocycles. The van der Waals surface area contributed by atoms with Crippen LogP contribution in [0, 0.1) is 5.82 Å². The molecular weight excluding hydrogens is 317 g/mol. The second kappa shape index (κ2) is 7.90. The maximum Gasteiger partial charge on any atom is 0.326 e. The van der Waals surface area contributed by atoms with E-state index in [0.717, 1.165) is 18.9 Å². The highest BCUT2D eigenvalue weighted by molar-refractivity contribution is 5.98. The average molecular weight is 337 g/mol. The summed E-state index contributed by atoms with van der Waals surface area (Å²) in [5.74, 6) is -2.35. The van der Waals surface area contributed by atoms with Crippen LogP contribution >= 0.6 is 0 Å². The van der Waals surface area contributed by atoms with E-state index in [1.54, 1.807) is 0 Å². The molecule has 0 bridgehead atoms. The number of aliphatic carboxylic acids is 1. The van der Waals surface area contributed by atoms with Gasteiger partial charge in [-0.2, -0.15) is 0 Å². The quantitative estimate of drug-likeness (QED) is 0.805. The second-order valence-electron chi connectivity index (χ2n) is 5.71. The van der Waals surface area contributed by atoms with Crippen molar-refractivity contribution < 1.29 is 28.6 Å². The van der Waals surface area contributed by atoms with Crippen molar-refractivity contribution >= 4 is 17.7 Å². The van der Waals surface area contributed by atoms with Crippen LogP contribution in [0.2, 0.25) is 0 Å². The number of methoxy groups -OCH3 is 1. The number of hydrogen-bond donors (Lipinski definition) is 1. The number of nitrogens with zero attached hydrogens (tertiary/aromatic N) is 1. The van der Waals surface area contributed by atoms with Crippen LogP contribution < -0.4 is 4.74 Å². The van der Waals surface area contributed by atoms with Crippen LogP contribution in [0.15, 0.2) is 18.2 Å². The molecule has 24 heavy (non-hydrogen) atoms. The molecule has 1 amide bonds. The van der Waals surface area contributed by atoms with Crippen molar-refractivity contribution in [3.8, 4) is 5.75 Å².